The Morgan fingerprint density at radius 1 is 1.25 bits per heavy atom. The van der Waals surface area contributed by atoms with Gasteiger partial charge in [0.1, 0.15) is 11.4 Å². The summed E-state index contributed by atoms with van der Waals surface area (Å²) in [5.74, 6) is -1.13. The van der Waals surface area contributed by atoms with Gasteiger partial charge in [-0.15, -0.1) is 0 Å². The van der Waals surface area contributed by atoms with E-state index in [-0.39, 0.29) is 23.0 Å². The van der Waals surface area contributed by atoms with Gasteiger partial charge in [-0.2, -0.15) is 10.4 Å². The highest BCUT2D eigenvalue weighted by Gasteiger charge is 2.18. The van der Waals surface area contributed by atoms with Crippen molar-refractivity contribution in [3.8, 4) is 17.5 Å². The van der Waals surface area contributed by atoms with Crippen molar-refractivity contribution in [2.24, 2.45) is 5.11 Å². The Labute approximate surface area is 184 Å². The topological polar surface area (TPSA) is 146 Å². The molecule has 2 heterocycles. The van der Waals surface area contributed by atoms with Gasteiger partial charge in [0.2, 0.25) is 0 Å². The first kappa shape index (κ1) is 22.5. The third-order valence-corrected chi connectivity index (χ3v) is 4.61. The van der Waals surface area contributed by atoms with Crippen molar-refractivity contribution in [2.75, 3.05) is 12.8 Å². The predicted octanol–water partition coefficient (Wildman–Crippen LogP) is 3.71. The van der Waals surface area contributed by atoms with Crippen LogP contribution in [0.2, 0.25) is 0 Å². The molecule has 3 rings (SSSR count). The van der Waals surface area contributed by atoms with E-state index in [2.05, 4.69) is 31.5 Å². The standard InChI is InChI=1S/C22H21FN8O/c1-13-14(9-24)5-3-8-17(13)22-29-20(19(23)21(25)30-22)18(31-26)11-27-10-15-6-4-7-16(28-15)12-32-2/h3-8,11,26-27H,10,12H2,1-2H3,(H2,25,29,30)/b18-11-,31-26?. The van der Waals surface area contributed by atoms with Crippen molar-refractivity contribution in [3.63, 3.8) is 0 Å². The molecular weight excluding hydrogens is 411 g/mol. The molecule has 1 aromatic carbocycles. The zero-order valence-electron chi connectivity index (χ0n) is 17.6. The molecule has 9 nitrogen and oxygen atoms in total. The molecule has 0 bridgehead atoms. The molecule has 0 radical (unpaired) electrons. The Kier molecular flexibility index (Phi) is 7.15. The number of nitrogens with two attached hydrogens (primary N) is 1. The number of nitrogen functional groups attached to an aromatic ring is 1. The fourth-order valence-electron chi connectivity index (χ4n) is 3.02. The van der Waals surface area contributed by atoms with E-state index in [0.29, 0.717) is 29.8 Å². The summed E-state index contributed by atoms with van der Waals surface area (Å²) in [4.78, 5) is 12.7. The van der Waals surface area contributed by atoms with Crippen molar-refractivity contribution in [2.45, 2.75) is 20.1 Å². The highest BCUT2D eigenvalue weighted by atomic mass is 19.1. The number of nitrogens with zero attached hydrogens (tertiary/aromatic N) is 5. The number of nitrogens with one attached hydrogen (secondary N) is 2. The molecule has 0 aliphatic carbocycles. The first-order valence-corrected chi connectivity index (χ1v) is 9.56. The molecule has 0 atom stereocenters. The quantitative estimate of drug-likeness (QED) is 0.460. The summed E-state index contributed by atoms with van der Waals surface area (Å²) in [7, 11) is 1.59. The van der Waals surface area contributed by atoms with Gasteiger partial charge >= 0.3 is 0 Å². The van der Waals surface area contributed by atoms with Crippen molar-refractivity contribution in [3.05, 3.63) is 76.6 Å². The molecule has 0 unspecified atom stereocenters. The summed E-state index contributed by atoms with van der Waals surface area (Å²) in [6.07, 6.45) is 1.37. The Balaban J connectivity index is 1.92. The van der Waals surface area contributed by atoms with Gasteiger partial charge in [-0.25, -0.2) is 19.9 Å². The molecule has 0 saturated heterocycles. The molecule has 0 aliphatic rings. The molecule has 10 heteroatoms. The molecule has 2 aromatic heterocycles. The molecule has 162 valence electrons. The molecule has 0 fully saturated rings. The first-order chi connectivity index (χ1) is 15.5. The fourth-order valence-corrected chi connectivity index (χ4v) is 3.02. The summed E-state index contributed by atoms with van der Waals surface area (Å²) in [5.41, 5.74) is 16.1. The van der Waals surface area contributed by atoms with Gasteiger partial charge in [-0.1, -0.05) is 18.2 Å². The van der Waals surface area contributed by atoms with Crippen LogP contribution in [0.4, 0.5) is 10.2 Å². The van der Waals surface area contributed by atoms with Crippen molar-refractivity contribution < 1.29 is 9.13 Å². The van der Waals surface area contributed by atoms with Gasteiger partial charge in [-0.3, -0.25) is 4.98 Å². The molecular formula is C22H21FN8O. The minimum absolute atomic E-state index is 0.0695. The number of nitriles is 1. The minimum Gasteiger partial charge on any atom is -0.383 e. The predicted molar refractivity (Wildman–Crippen MR) is 116 cm³/mol. The lowest BCUT2D eigenvalue weighted by Gasteiger charge is -2.11. The second-order valence-electron chi connectivity index (χ2n) is 6.76. The van der Waals surface area contributed by atoms with Gasteiger partial charge < -0.3 is 15.8 Å². The first-order valence-electron chi connectivity index (χ1n) is 9.56. The Bertz CT molecular complexity index is 1220. The average Bonchev–Trinajstić information content (AvgIpc) is 2.79. The number of anilines is 1. The maximum Gasteiger partial charge on any atom is 0.193 e. The van der Waals surface area contributed by atoms with Crippen LogP contribution in [-0.2, 0) is 17.9 Å². The van der Waals surface area contributed by atoms with Gasteiger partial charge in [0.25, 0.3) is 0 Å². The van der Waals surface area contributed by atoms with E-state index >= 15 is 0 Å². The second kappa shape index (κ2) is 10.2. The van der Waals surface area contributed by atoms with E-state index in [1.807, 2.05) is 18.2 Å². The van der Waals surface area contributed by atoms with E-state index in [1.54, 1.807) is 32.2 Å². The molecule has 0 aliphatic heterocycles. The van der Waals surface area contributed by atoms with Crippen LogP contribution in [0.5, 0.6) is 0 Å². The normalized spacial score (nSPS) is 11.1. The molecule has 3 aromatic rings. The Hall–Kier alpha value is -4.23. The van der Waals surface area contributed by atoms with E-state index in [4.69, 9.17) is 16.0 Å². The van der Waals surface area contributed by atoms with Gasteiger partial charge in [-0.05, 0) is 30.7 Å². The number of aromatic nitrogens is 3. The largest absolute Gasteiger partial charge is 0.383 e. The fraction of sp³-hybridized carbons (Fsp3) is 0.182. The highest BCUT2D eigenvalue weighted by Crippen LogP contribution is 2.27. The number of methoxy groups -OCH3 is 1. The Morgan fingerprint density at radius 2 is 2.00 bits per heavy atom. The number of benzene rings is 1. The molecule has 0 saturated carbocycles. The van der Waals surface area contributed by atoms with Crippen LogP contribution in [0.1, 0.15) is 28.2 Å². The lowest BCUT2D eigenvalue weighted by atomic mass is 10.0. The van der Waals surface area contributed by atoms with E-state index in [1.165, 1.54) is 6.20 Å². The van der Waals surface area contributed by atoms with E-state index < -0.39 is 5.82 Å². The SMILES string of the molecule is COCc1cccc(CN/C=C(\N=N)c2nc(-c3cccc(C#N)c3C)nc(N)c2F)n1. The molecule has 4 N–H and O–H groups in total. The van der Waals surface area contributed by atoms with Crippen LogP contribution >= 0.6 is 0 Å². The number of ether oxygens (including phenoxy) is 1. The number of halogens is 1. The van der Waals surface area contributed by atoms with Crippen molar-refractivity contribution in [1.82, 2.24) is 20.3 Å². The van der Waals surface area contributed by atoms with Crippen molar-refractivity contribution in [1.29, 1.82) is 10.8 Å². The lowest BCUT2D eigenvalue weighted by Crippen LogP contribution is -2.10. The zero-order valence-corrected chi connectivity index (χ0v) is 17.6. The number of pyridine rings is 1. The zero-order chi connectivity index (χ0) is 23.1. The van der Waals surface area contributed by atoms with Crippen LogP contribution in [0.3, 0.4) is 0 Å². The van der Waals surface area contributed by atoms with Crippen LogP contribution in [0, 0.1) is 29.6 Å². The monoisotopic (exact) mass is 432 g/mol. The third-order valence-electron chi connectivity index (χ3n) is 4.61. The summed E-state index contributed by atoms with van der Waals surface area (Å²) >= 11 is 0. The maximum absolute atomic E-state index is 14.7. The van der Waals surface area contributed by atoms with E-state index in [0.717, 1.165) is 11.4 Å². The van der Waals surface area contributed by atoms with Crippen LogP contribution in [0.25, 0.3) is 17.1 Å². The number of rotatable bonds is 8. The molecule has 0 spiro atoms. The lowest BCUT2D eigenvalue weighted by molar-refractivity contribution is 0.181. The average molecular weight is 432 g/mol. The maximum atomic E-state index is 14.7. The third kappa shape index (κ3) is 4.91. The second-order valence-corrected chi connectivity index (χ2v) is 6.76. The minimum atomic E-state index is -0.882. The number of hydrogen-bond acceptors (Lipinski definition) is 9. The summed E-state index contributed by atoms with van der Waals surface area (Å²) in [5, 5.41) is 15.6. The summed E-state index contributed by atoms with van der Waals surface area (Å²) < 4.78 is 19.8. The van der Waals surface area contributed by atoms with Gasteiger partial charge in [0, 0.05) is 18.9 Å². The van der Waals surface area contributed by atoms with Crippen LogP contribution in [-0.4, -0.2) is 22.1 Å². The van der Waals surface area contributed by atoms with Gasteiger partial charge in [0.15, 0.2) is 17.5 Å². The summed E-state index contributed by atoms with van der Waals surface area (Å²) in [6, 6.07) is 12.7. The van der Waals surface area contributed by atoms with Crippen LogP contribution < -0.4 is 11.1 Å². The van der Waals surface area contributed by atoms with Gasteiger partial charge in [0.05, 0.1) is 36.2 Å². The smallest absolute Gasteiger partial charge is 0.193 e. The van der Waals surface area contributed by atoms with Crippen LogP contribution in [0.15, 0.2) is 47.7 Å². The van der Waals surface area contributed by atoms with Crippen molar-refractivity contribution >= 4 is 11.5 Å². The summed E-state index contributed by atoms with van der Waals surface area (Å²) in [6.45, 7) is 2.45. The van der Waals surface area contributed by atoms with E-state index in [9.17, 15) is 9.65 Å². The Morgan fingerprint density at radius 3 is 2.72 bits per heavy atom. The molecule has 0 amide bonds. The number of hydrogen-bond donors (Lipinski definition) is 3. The highest BCUT2D eigenvalue weighted by molar-refractivity contribution is 5.69. The molecule has 32 heavy (non-hydrogen) atoms.